The molecule has 6 heteroatoms. The summed E-state index contributed by atoms with van der Waals surface area (Å²) in [7, 11) is 3.50. The minimum Gasteiger partial charge on any atom is -0.497 e. The molecule has 0 saturated heterocycles. The number of benzene rings is 1. The highest BCUT2D eigenvalue weighted by Crippen LogP contribution is 2.16. The van der Waals surface area contributed by atoms with Gasteiger partial charge in [-0.3, -0.25) is 0 Å². The third-order valence-corrected chi connectivity index (χ3v) is 2.93. The van der Waals surface area contributed by atoms with Gasteiger partial charge in [-0.05, 0) is 17.7 Å². The molecule has 6 nitrogen and oxygen atoms in total. The average Bonchev–Trinajstić information content (AvgIpc) is 2.84. The summed E-state index contributed by atoms with van der Waals surface area (Å²) in [5.74, 6) is 1.62. The number of ether oxygens (including phenoxy) is 1. The Morgan fingerprint density at radius 1 is 1.37 bits per heavy atom. The predicted molar refractivity (Wildman–Crippen MR) is 70.7 cm³/mol. The molecule has 0 bridgehead atoms. The zero-order valence-electron chi connectivity index (χ0n) is 11.1. The highest BCUT2D eigenvalue weighted by molar-refractivity contribution is 5.28. The molecule has 1 aromatic heterocycles. The molecule has 0 amide bonds. The molecule has 0 aliphatic rings. The van der Waals surface area contributed by atoms with Gasteiger partial charge in [-0.15, -0.1) is 10.2 Å². The van der Waals surface area contributed by atoms with Crippen LogP contribution in [0, 0.1) is 0 Å². The van der Waals surface area contributed by atoms with Crippen molar-refractivity contribution in [1.29, 1.82) is 0 Å². The van der Waals surface area contributed by atoms with Crippen LogP contribution in [0.2, 0.25) is 0 Å². The van der Waals surface area contributed by atoms with Crippen LogP contribution in [-0.2, 0) is 13.6 Å². The van der Waals surface area contributed by atoms with Gasteiger partial charge in [0.1, 0.15) is 17.9 Å². The maximum Gasteiger partial charge on any atom is 0.146 e. The lowest BCUT2D eigenvalue weighted by Gasteiger charge is -2.12. The van der Waals surface area contributed by atoms with E-state index in [2.05, 4.69) is 15.5 Å². The quantitative estimate of drug-likeness (QED) is 0.799. The Balaban J connectivity index is 1.83. The van der Waals surface area contributed by atoms with E-state index in [1.807, 2.05) is 35.9 Å². The first-order valence-corrected chi connectivity index (χ1v) is 6.06. The monoisotopic (exact) mass is 262 g/mol. The number of aliphatic hydroxyl groups is 1. The summed E-state index contributed by atoms with van der Waals surface area (Å²) in [6, 6.07) is 7.38. The summed E-state index contributed by atoms with van der Waals surface area (Å²) in [5.41, 5.74) is 0.853. The van der Waals surface area contributed by atoms with Gasteiger partial charge in [-0.2, -0.15) is 0 Å². The zero-order valence-corrected chi connectivity index (χ0v) is 11.1. The van der Waals surface area contributed by atoms with Crippen LogP contribution in [0.1, 0.15) is 17.5 Å². The van der Waals surface area contributed by atoms with Crippen molar-refractivity contribution in [2.24, 2.45) is 7.05 Å². The lowest BCUT2D eigenvalue weighted by molar-refractivity contribution is 0.174. The van der Waals surface area contributed by atoms with Gasteiger partial charge in [0.2, 0.25) is 0 Å². The smallest absolute Gasteiger partial charge is 0.146 e. The van der Waals surface area contributed by atoms with E-state index in [9.17, 15) is 5.11 Å². The van der Waals surface area contributed by atoms with Crippen molar-refractivity contribution < 1.29 is 9.84 Å². The Labute approximate surface area is 112 Å². The van der Waals surface area contributed by atoms with E-state index < -0.39 is 6.10 Å². The van der Waals surface area contributed by atoms with E-state index in [0.29, 0.717) is 13.1 Å². The topological polar surface area (TPSA) is 72.2 Å². The van der Waals surface area contributed by atoms with Crippen LogP contribution in [0.15, 0.2) is 30.6 Å². The molecular weight excluding hydrogens is 244 g/mol. The lowest BCUT2D eigenvalue weighted by atomic mass is 10.1. The third-order valence-electron chi connectivity index (χ3n) is 2.93. The molecule has 19 heavy (non-hydrogen) atoms. The first-order chi connectivity index (χ1) is 9.20. The standard InChI is InChI=1S/C13H18N4O2/c1-17-9-15-16-13(17)8-14-7-12(18)10-3-5-11(19-2)6-4-10/h3-6,9,12,14,18H,7-8H2,1-2H3. The maximum absolute atomic E-state index is 10.0. The van der Waals surface area contributed by atoms with Crippen LogP contribution < -0.4 is 10.1 Å². The van der Waals surface area contributed by atoms with Gasteiger partial charge >= 0.3 is 0 Å². The Bertz CT molecular complexity index is 510. The highest BCUT2D eigenvalue weighted by Gasteiger charge is 2.08. The largest absolute Gasteiger partial charge is 0.497 e. The van der Waals surface area contributed by atoms with Gasteiger partial charge in [-0.25, -0.2) is 0 Å². The molecule has 102 valence electrons. The van der Waals surface area contributed by atoms with Crippen LogP contribution in [0.3, 0.4) is 0 Å². The highest BCUT2D eigenvalue weighted by atomic mass is 16.5. The fourth-order valence-corrected chi connectivity index (χ4v) is 1.73. The fourth-order valence-electron chi connectivity index (χ4n) is 1.73. The average molecular weight is 262 g/mol. The van der Waals surface area contributed by atoms with E-state index in [0.717, 1.165) is 17.1 Å². The summed E-state index contributed by atoms with van der Waals surface area (Å²) in [4.78, 5) is 0. The Morgan fingerprint density at radius 2 is 2.11 bits per heavy atom. The molecule has 0 saturated carbocycles. The summed E-state index contributed by atoms with van der Waals surface area (Å²) in [5, 5.41) is 20.9. The van der Waals surface area contributed by atoms with Gasteiger partial charge < -0.3 is 19.7 Å². The predicted octanol–water partition coefficient (Wildman–Crippen LogP) is 0.647. The van der Waals surface area contributed by atoms with Gasteiger partial charge in [0.05, 0.1) is 19.8 Å². The number of rotatable bonds is 6. The number of nitrogens with zero attached hydrogens (tertiary/aromatic N) is 3. The van der Waals surface area contributed by atoms with Crippen LogP contribution >= 0.6 is 0 Å². The van der Waals surface area contributed by atoms with Crippen molar-refractivity contribution in [1.82, 2.24) is 20.1 Å². The van der Waals surface area contributed by atoms with Gasteiger partial charge in [0.15, 0.2) is 0 Å². The number of methoxy groups -OCH3 is 1. The van der Waals surface area contributed by atoms with Crippen LogP contribution in [0.5, 0.6) is 5.75 Å². The van der Waals surface area contributed by atoms with E-state index in [1.54, 1.807) is 13.4 Å². The molecule has 0 aliphatic carbocycles. The Hall–Kier alpha value is -1.92. The van der Waals surface area contributed by atoms with Gasteiger partial charge in [0, 0.05) is 13.6 Å². The van der Waals surface area contributed by atoms with E-state index in [1.165, 1.54) is 0 Å². The Kier molecular flexibility index (Phi) is 4.48. The second-order valence-electron chi connectivity index (χ2n) is 4.28. The minimum atomic E-state index is -0.556. The minimum absolute atomic E-state index is 0.458. The summed E-state index contributed by atoms with van der Waals surface area (Å²) in [6.07, 6.45) is 1.09. The number of aromatic nitrogens is 3. The molecule has 0 spiro atoms. The molecule has 1 atom stereocenters. The van der Waals surface area contributed by atoms with Crippen molar-refractivity contribution in [2.45, 2.75) is 12.6 Å². The first-order valence-electron chi connectivity index (χ1n) is 6.06. The van der Waals surface area contributed by atoms with Crippen molar-refractivity contribution in [3.05, 3.63) is 42.0 Å². The molecule has 0 fully saturated rings. The molecule has 1 aromatic carbocycles. The van der Waals surface area contributed by atoms with Crippen LogP contribution in [0.25, 0.3) is 0 Å². The van der Waals surface area contributed by atoms with Crippen LogP contribution in [0.4, 0.5) is 0 Å². The van der Waals surface area contributed by atoms with E-state index in [-0.39, 0.29) is 0 Å². The third kappa shape index (κ3) is 3.52. The van der Waals surface area contributed by atoms with Crippen molar-refractivity contribution in [3.63, 3.8) is 0 Å². The lowest BCUT2D eigenvalue weighted by Crippen LogP contribution is -2.22. The Morgan fingerprint density at radius 3 is 2.68 bits per heavy atom. The van der Waals surface area contributed by atoms with E-state index in [4.69, 9.17) is 4.74 Å². The molecule has 0 aliphatic heterocycles. The normalized spacial score (nSPS) is 12.4. The molecule has 2 aromatic rings. The summed E-state index contributed by atoms with van der Waals surface area (Å²) in [6.45, 7) is 1.03. The number of nitrogens with one attached hydrogen (secondary N) is 1. The number of aryl methyl sites for hydroxylation is 1. The van der Waals surface area contributed by atoms with Gasteiger partial charge in [-0.1, -0.05) is 12.1 Å². The fraction of sp³-hybridized carbons (Fsp3) is 0.385. The molecule has 1 heterocycles. The van der Waals surface area contributed by atoms with Crippen molar-refractivity contribution in [2.75, 3.05) is 13.7 Å². The molecular formula is C13H18N4O2. The zero-order chi connectivity index (χ0) is 13.7. The van der Waals surface area contributed by atoms with Crippen molar-refractivity contribution >= 4 is 0 Å². The second-order valence-corrected chi connectivity index (χ2v) is 4.28. The first kappa shape index (κ1) is 13.5. The van der Waals surface area contributed by atoms with Gasteiger partial charge in [0.25, 0.3) is 0 Å². The SMILES string of the molecule is COc1ccc(C(O)CNCc2nncn2C)cc1. The van der Waals surface area contributed by atoms with Crippen LogP contribution in [-0.4, -0.2) is 33.5 Å². The summed E-state index contributed by atoms with van der Waals surface area (Å²) < 4.78 is 6.92. The number of hydrogen-bond acceptors (Lipinski definition) is 5. The molecule has 1 unspecified atom stereocenters. The molecule has 2 rings (SSSR count). The number of hydrogen-bond donors (Lipinski definition) is 2. The van der Waals surface area contributed by atoms with Crippen molar-refractivity contribution in [3.8, 4) is 5.75 Å². The molecule has 2 N–H and O–H groups in total. The van der Waals surface area contributed by atoms with E-state index >= 15 is 0 Å². The number of aliphatic hydroxyl groups excluding tert-OH is 1. The molecule has 0 radical (unpaired) electrons. The second kappa shape index (κ2) is 6.31. The summed E-state index contributed by atoms with van der Waals surface area (Å²) >= 11 is 0. The maximum atomic E-state index is 10.0.